The normalized spacial score (nSPS) is 12.1. The van der Waals surface area contributed by atoms with Crippen LogP contribution in [0.1, 0.15) is 12.7 Å². The number of hydrogen-bond acceptors (Lipinski definition) is 4. The Morgan fingerprint density at radius 2 is 2.10 bits per heavy atom. The fourth-order valence-electron chi connectivity index (χ4n) is 1.65. The molecule has 0 bridgehead atoms. The number of likely N-dealkylation sites (N-methyl/N-ethyl adjacent to an activating group) is 1. The Morgan fingerprint density at radius 3 is 2.75 bits per heavy atom. The first-order chi connectivity index (χ1) is 9.36. The van der Waals surface area contributed by atoms with E-state index in [1.54, 1.807) is 23.1 Å². The van der Waals surface area contributed by atoms with E-state index in [-0.39, 0.29) is 0 Å². The molecule has 0 unspecified atom stereocenters. The Hall–Kier alpha value is -1.89. The van der Waals surface area contributed by atoms with E-state index >= 15 is 0 Å². The molecule has 0 aliphatic carbocycles. The monoisotopic (exact) mass is 281 g/mol. The van der Waals surface area contributed by atoms with Crippen LogP contribution in [0.15, 0.2) is 24.7 Å². The average Bonchev–Trinajstić information content (AvgIpc) is 2.84. The van der Waals surface area contributed by atoms with Gasteiger partial charge in [0.25, 0.3) is 0 Å². The smallest absolute Gasteiger partial charge is 0.303 e. The van der Waals surface area contributed by atoms with Gasteiger partial charge in [0.2, 0.25) is 0 Å². The van der Waals surface area contributed by atoms with Crippen LogP contribution in [0.25, 0.3) is 11.3 Å². The van der Waals surface area contributed by atoms with Crippen molar-refractivity contribution in [2.45, 2.75) is 19.4 Å². The second kappa shape index (κ2) is 5.62. The van der Waals surface area contributed by atoms with Gasteiger partial charge in [-0.05, 0) is 20.2 Å². The van der Waals surface area contributed by atoms with Gasteiger partial charge >= 0.3 is 5.92 Å². The largest absolute Gasteiger partial charge is 0.308 e. The average molecular weight is 281 g/mol. The number of alkyl halides is 2. The number of hydrogen-bond donors (Lipinski definition) is 0. The second-order valence-corrected chi connectivity index (χ2v) is 4.95. The van der Waals surface area contributed by atoms with Gasteiger partial charge in [-0.2, -0.15) is 13.9 Å². The van der Waals surface area contributed by atoms with Crippen LogP contribution >= 0.6 is 0 Å². The van der Waals surface area contributed by atoms with Crippen molar-refractivity contribution in [3.8, 4) is 11.3 Å². The lowest BCUT2D eigenvalue weighted by molar-refractivity contribution is 0.00779. The molecule has 0 saturated carbocycles. The Kier molecular flexibility index (Phi) is 4.08. The highest BCUT2D eigenvalue weighted by atomic mass is 19.3. The van der Waals surface area contributed by atoms with Crippen LogP contribution in [0.3, 0.4) is 0 Å². The third-order valence-corrected chi connectivity index (χ3v) is 2.75. The minimum atomic E-state index is -3.04. The predicted octanol–water partition coefficient (Wildman–Crippen LogP) is 2.01. The molecule has 7 heteroatoms. The van der Waals surface area contributed by atoms with Gasteiger partial charge in [-0.1, -0.05) is 0 Å². The van der Waals surface area contributed by atoms with Crippen molar-refractivity contribution in [1.82, 2.24) is 24.6 Å². The fraction of sp³-hybridized carbons (Fsp3) is 0.462. The predicted molar refractivity (Wildman–Crippen MR) is 71.4 cm³/mol. The molecule has 0 aliphatic heterocycles. The zero-order chi connectivity index (χ0) is 14.8. The number of rotatable bonds is 5. The van der Waals surface area contributed by atoms with Crippen LogP contribution in [0.2, 0.25) is 0 Å². The van der Waals surface area contributed by atoms with Crippen molar-refractivity contribution in [3.63, 3.8) is 0 Å². The molecular formula is C13H17F2N5. The molecule has 0 aromatic carbocycles. The number of nitrogens with zero attached hydrogens (tertiary/aromatic N) is 5. The van der Waals surface area contributed by atoms with Crippen LogP contribution in [-0.2, 0) is 12.5 Å². The minimum absolute atomic E-state index is 0.452. The highest BCUT2D eigenvalue weighted by Crippen LogP contribution is 2.25. The maximum atomic E-state index is 13.2. The highest BCUT2D eigenvalue weighted by molar-refractivity contribution is 5.56. The first kappa shape index (κ1) is 14.5. The summed E-state index contributed by atoms with van der Waals surface area (Å²) in [5.41, 5.74) is 1.16. The summed E-state index contributed by atoms with van der Waals surface area (Å²) in [6, 6.07) is 1.60. The third-order valence-electron chi connectivity index (χ3n) is 2.75. The van der Waals surface area contributed by atoms with E-state index in [0.29, 0.717) is 11.3 Å². The fourth-order valence-corrected chi connectivity index (χ4v) is 1.65. The lowest BCUT2D eigenvalue weighted by Crippen LogP contribution is -2.18. The molecule has 0 saturated heterocycles. The standard InChI is InChI=1S/C13H17F2N5/c1-13(14,15)12-16-5-4-11(18-12)10-8-17-20(9-10)7-6-19(2)3/h4-5,8-9H,6-7H2,1-3H3. The Balaban J connectivity index is 2.20. The third kappa shape index (κ3) is 3.57. The molecule has 5 nitrogen and oxygen atoms in total. The molecule has 2 aromatic rings. The summed E-state index contributed by atoms with van der Waals surface area (Å²) in [6.45, 7) is 2.37. The minimum Gasteiger partial charge on any atom is -0.308 e. The van der Waals surface area contributed by atoms with Crippen molar-refractivity contribution in [3.05, 3.63) is 30.5 Å². The van der Waals surface area contributed by atoms with E-state index < -0.39 is 11.7 Å². The van der Waals surface area contributed by atoms with E-state index in [4.69, 9.17) is 0 Å². The van der Waals surface area contributed by atoms with Crippen LogP contribution in [-0.4, -0.2) is 45.3 Å². The first-order valence-corrected chi connectivity index (χ1v) is 6.25. The quantitative estimate of drug-likeness (QED) is 0.841. The van der Waals surface area contributed by atoms with Crippen LogP contribution in [0.4, 0.5) is 8.78 Å². The molecule has 0 aliphatic rings. The molecule has 108 valence electrons. The molecule has 0 atom stereocenters. The molecule has 20 heavy (non-hydrogen) atoms. The van der Waals surface area contributed by atoms with Gasteiger partial charge < -0.3 is 4.90 Å². The van der Waals surface area contributed by atoms with Crippen LogP contribution < -0.4 is 0 Å². The molecule has 2 aromatic heterocycles. The summed E-state index contributed by atoms with van der Waals surface area (Å²) in [6.07, 6.45) is 4.76. The Labute approximate surface area is 116 Å². The zero-order valence-electron chi connectivity index (χ0n) is 11.7. The van der Waals surface area contributed by atoms with Gasteiger partial charge in [0.05, 0.1) is 18.4 Å². The number of halogens is 2. The van der Waals surface area contributed by atoms with Crippen LogP contribution in [0, 0.1) is 0 Å². The van der Waals surface area contributed by atoms with Gasteiger partial charge in [-0.15, -0.1) is 0 Å². The lowest BCUT2D eigenvalue weighted by atomic mass is 10.2. The van der Waals surface area contributed by atoms with Gasteiger partial charge in [0.15, 0.2) is 5.82 Å². The van der Waals surface area contributed by atoms with Gasteiger partial charge in [0.1, 0.15) is 0 Å². The van der Waals surface area contributed by atoms with E-state index in [2.05, 4.69) is 15.1 Å². The van der Waals surface area contributed by atoms with Gasteiger partial charge in [-0.25, -0.2) is 9.97 Å². The molecule has 0 radical (unpaired) electrons. The highest BCUT2D eigenvalue weighted by Gasteiger charge is 2.28. The molecular weight excluding hydrogens is 264 g/mol. The summed E-state index contributed by atoms with van der Waals surface area (Å²) in [5, 5.41) is 4.20. The van der Waals surface area contributed by atoms with E-state index in [1.807, 2.05) is 19.0 Å². The van der Waals surface area contributed by atoms with Crippen molar-refractivity contribution in [2.24, 2.45) is 0 Å². The molecule has 0 fully saturated rings. The molecule has 2 heterocycles. The molecule has 0 N–H and O–H groups in total. The van der Waals surface area contributed by atoms with Crippen molar-refractivity contribution in [2.75, 3.05) is 20.6 Å². The van der Waals surface area contributed by atoms with Crippen LogP contribution in [0.5, 0.6) is 0 Å². The van der Waals surface area contributed by atoms with E-state index in [9.17, 15) is 8.78 Å². The molecule has 0 spiro atoms. The Morgan fingerprint density at radius 1 is 1.35 bits per heavy atom. The maximum Gasteiger partial charge on any atom is 0.303 e. The summed E-state index contributed by atoms with van der Waals surface area (Å²) in [5.74, 6) is -3.52. The maximum absolute atomic E-state index is 13.2. The SMILES string of the molecule is CN(C)CCn1cc(-c2ccnc(C(C)(F)F)n2)cn1. The van der Waals surface area contributed by atoms with Gasteiger partial charge in [-0.3, -0.25) is 4.68 Å². The summed E-state index contributed by atoms with van der Waals surface area (Å²) in [4.78, 5) is 9.55. The van der Waals surface area contributed by atoms with Crippen molar-refractivity contribution < 1.29 is 8.78 Å². The number of aromatic nitrogens is 4. The Bertz CT molecular complexity index is 574. The summed E-state index contributed by atoms with van der Waals surface area (Å²) >= 11 is 0. The van der Waals surface area contributed by atoms with Gasteiger partial charge in [0, 0.05) is 31.4 Å². The topological polar surface area (TPSA) is 46.8 Å². The molecule has 2 rings (SSSR count). The van der Waals surface area contributed by atoms with E-state index in [1.165, 1.54) is 6.20 Å². The first-order valence-electron chi connectivity index (χ1n) is 6.25. The zero-order valence-corrected chi connectivity index (χ0v) is 11.7. The van der Waals surface area contributed by atoms with E-state index in [0.717, 1.165) is 20.0 Å². The summed E-state index contributed by atoms with van der Waals surface area (Å²) < 4.78 is 28.2. The second-order valence-electron chi connectivity index (χ2n) is 4.95. The summed E-state index contributed by atoms with van der Waals surface area (Å²) in [7, 11) is 3.95. The van der Waals surface area contributed by atoms with Crippen molar-refractivity contribution >= 4 is 0 Å². The molecule has 0 amide bonds. The van der Waals surface area contributed by atoms with Crippen molar-refractivity contribution in [1.29, 1.82) is 0 Å². The lowest BCUT2D eigenvalue weighted by Gasteiger charge is -2.09.